The molecule has 0 fully saturated rings. The second-order valence-electron chi connectivity index (χ2n) is 2.89. The Morgan fingerprint density at radius 2 is 2.31 bits per heavy atom. The molecule has 2 rings (SSSR count). The fourth-order valence-electron chi connectivity index (χ4n) is 1.46. The molecule has 0 bridgehead atoms. The maximum Gasteiger partial charge on any atom is 0.132 e. The number of fused-ring (bicyclic) bond motifs is 1. The Morgan fingerprint density at radius 3 is 3.08 bits per heavy atom. The summed E-state index contributed by atoms with van der Waals surface area (Å²) in [5, 5.41) is 8.40. The number of H-pyrrole nitrogens is 1. The molecule has 2 aromatic rings. The van der Waals surface area contributed by atoms with Gasteiger partial charge in [0.2, 0.25) is 0 Å². The van der Waals surface area contributed by atoms with E-state index >= 15 is 0 Å². The van der Waals surface area contributed by atoms with Crippen LogP contribution in [0.3, 0.4) is 0 Å². The van der Waals surface area contributed by atoms with Gasteiger partial charge in [0.1, 0.15) is 5.15 Å². The zero-order valence-electron chi connectivity index (χ0n) is 7.05. The van der Waals surface area contributed by atoms with Gasteiger partial charge in [-0.2, -0.15) is 5.10 Å². The highest BCUT2D eigenvalue weighted by atomic mass is 35.5. The van der Waals surface area contributed by atoms with Crippen LogP contribution in [0.25, 0.3) is 10.9 Å². The molecule has 0 spiro atoms. The lowest BCUT2D eigenvalue weighted by Gasteiger charge is -1.99. The van der Waals surface area contributed by atoms with Gasteiger partial charge in [-0.15, -0.1) is 0 Å². The highest BCUT2D eigenvalue weighted by Crippen LogP contribution is 2.24. The third-order valence-corrected chi connectivity index (χ3v) is 2.31. The monoisotopic (exact) mass is 195 g/mol. The third kappa shape index (κ3) is 1.41. The lowest BCUT2D eigenvalue weighted by molar-refractivity contribution is 0.977. The van der Waals surface area contributed by atoms with Crippen molar-refractivity contribution in [2.45, 2.75) is 6.42 Å². The number of rotatable bonds is 2. The Hall–Kier alpha value is -1.06. The first-order valence-electron chi connectivity index (χ1n) is 4.14. The van der Waals surface area contributed by atoms with Crippen LogP contribution in [-0.2, 0) is 6.42 Å². The van der Waals surface area contributed by atoms with E-state index in [9.17, 15) is 0 Å². The molecule has 0 atom stereocenters. The van der Waals surface area contributed by atoms with Gasteiger partial charge in [0.15, 0.2) is 0 Å². The molecule has 0 amide bonds. The number of nitrogens with two attached hydrogens (primary N) is 1. The van der Waals surface area contributed by atoms with E-state index in [1.165, 1.54) is 0 Å². The van der Waals surface area contributed by atoms with Gasteiger partial charge in [-0.05, 0) is 24.6 Å². The van der Waals surface area contributed by atoms with Gasteiger partial charge in [-0.3, -0.25) is 5.10 Å². The van der Waals surface area contributed by atoms with Crippen LogP contribution in [0.15, 0.2) is 18.2 Å². The quantitative estimate of drug-likeness (QED) is 0.767. The highest BCUT2D eigenvalue weighted by molar-refractivity contribution is 6.34. The molecule has 0 saturated heterocycles. The van der Waals surface area contributed by atoms with E-state index in [4.69, 9.17) is 17.3 Å². The number of aromatic amines is 1. The fourth-order valence-corrected chi connectivity index (χ4v) is 1.72. The van der Waals surface area contributed by atoms with Crippen molar-refractivity contribution in [3.8, 4) is 0 Å². The molecule has 0 aliphatic carbocycles. The van der Waals surface area contributed by atoms with E-state index in [0.29, 0.717) is 11.7 Å². The molecule has 0 radical (unpaired) electrons. The van der Waals surface area contributed by atoms with E-state index in [-0.39, 0.29) is 0 Å². The predicted octanol–water partition coefficient (Wildman–Crippen LogP) is 1.72. The molecule has 1 heterocycles. The van der Waals surface area contributed by atoms with Crippen molar-refractivity contribution in [2.24, 2.45) is 5.73 Å². The second kappa shape index (κ2) is 3.36. The van der Waals surface area contributed by atoms with Crippen LogP contribution in [0.4, 0.5) is 0 Å². The molecule has 0 aliphatic rings. The van der Waals surface area contributed by atoms with Gasteiger partial charge in [0, 0.05) is 5.39 Å². The molecule has 0 saturated carbocycles. The molecule has 1 aromatic heterocycles. The molecule has 4 heteroatoms. The summed E-state index contributed by atoms with van der Waals surface area (Å²) in [7, 11) is 0. The number of nitrogens with zero attached hydrogens (tertiary/aromatic N) is 1. The summed E-state index contributed by atoms with van der Waals surface area (Å²) in [5.74, 6) is 0. The van der Waals surface area contributed by atoms with Crippen LogP contribution in [0.1, 0.15) is 5.56 Å². The van der Waals surface area contributed by atoms with Crippen LogP contribution >= 0.6 is 11.6 Å². The molecule has 13 heavy (non-hydrogen) atoms. The highest BCUT2D eigenvalue weighted by Gasteiger charge is 2.06. The molecular weight excluding hydrogens is 186 g/mol. The standard InChI is InChI=1S/C9H10ClN3/c10-9-8-6(4-5-11)2-1-3-7(8)12-13-9/h1-3H,4-5,11H2,(H,12,13). The van der Waals surface area contributed by atoms with Gasteiger partial charge in [-0.1, -0.05) is 23.7 Å². The second-order valence-corrected chi connectivity index (χ2v) is 3.27. The Labute approximate surface area is 80.9 Å². The largest absolute Gasteiger partial charge is 0.330 e. The molecule has 0 aliphatic heterocycles. The Kier molecular flexibility index (Phi) is 2.20. The molecular formula is C9H10ClN3. The van der Waals surface area contributed by atoms with Crippen LogP contribution in [0, 0.1) is 0 Å². The van der Waals surface area contributed by atoms with Crippen molar-refractivity contribution in [2.75, 3.05) is 6.54 Å². The lowest BCUT2D eigenvalue weighted by Crippen LogP contribution is -2.02. The van der Waals surface area contributed by atoms with Crippen molar-refractivity contribution in [3.63, 3.8) is 0 Å². The molecule has 3 nitrogen and oxygen atoms in total. The Balaban J connectivity index is 2.65. The Morgan fingerprint density at radius 1 is 1.46 bits per heavy atom. The summed E-state index contributed by atoms with van der Waals surface area (Å²) >= 11 is 5.95. The van der Waals surface area contributed by atoms with E-state index < -0.39 is 0 Å². The lowest BCUT2D eigenvalue weighted by atomic mass is 10.1. The van der Waals surface area contributed by atoms with Gasteiger partial charge >= 0.3 is 0 Å². The van der Waals surface area contributed by atoms with Crippen molar-refractivity contribution in [1.29, 1.82) is 0 Å². The SMILES string of the molecule is NCCc1cccc2n[nH]c(Cl)c12. The van der Waals surface area contributed by atoms with Gasteiger partial charge in [-0.25, -0.2) is 0 Å². The maximum absolute atomic E-state index is 5.95. The molecule has 1 aromatic carbocycles. The van der Waals surface area contributed by atoms with E-state index in [1.54, 1.807) is 0 Å². The zero-order valence-corrected chi connectivity index (χ0v) is 7.80. The number of nitrogens with one attached hydrogen (secondary N) is 1. The summed E-state index contributed by atoms with van der Waals surface area (Å²) in [6.07, 6.45) is 0.830. The molecule has 3 N–H and O–H groups in total. The van der Waals surface area contributed by atoms with Gasteiger partial charge < -0.3 is 5.73 Å². The number of benzene rings is 1. The van der Waals surface area contributed by atoms with Gasteiger partial charge in [0.05, 0.1) is 5.52 Å². The van der Waals surface area contributed by atoms with E-state index in [0.717, 1.165) is 22.9 Å². The summed E-state index contributed by atoms with van der Waals surface area (Å²) in [5.41, 5.74) is 7.55. The Bertz CT molecular complexity index is 422. The average molecular weight is 196 g/mol. The number of aromatic nitrogens is 2. The normalized spacial score (nSPS) is 10.9. The van der Waals surface area contributed by atoms with Crippen LogP contribution < -0.4 is 5.73 Å². The zero-order chi connectivity index (χ0) is 9.26. The van der Waals surface area contributed by atoms with Crippen molar-refractivity contribution in [1.82, 2.24) is 10.2 Å². The topological polar surface area (TPSA) is 54.7 Å². The number of halogens is 1. The molecule has 68 valence electrons. The third-order valence-electron chi connectivity index (χ3n) is 2.04. The first-order valence-corrected chi connectivity index (χ1v) is 4.52. The van der Waals surface area contributed by atoms with E-state index in [1.807, 2.05) is 18.2 Å². The van der Waals surface area contributed by atoms with Crippen molar-refractivity contribution < 1.29 is 0 Å². The minimum Gasteiger partial charge on any atom is -0.330 e. The summed E-state index contributed by atoms with van der Waals surface area (Å²) < 4.78 is 0. The number of hydrogen-bond acceptors (Lipinski definition) is 2. The average Bonchev–Trinajstić information content (AvgIpc) is 2.50. The van der Waals surface area contributed by atoms with Gasteiger partial charge in [0.25, 0.3) is 0 Å². The number of hydrogen-bond donors (Lipinski definition) is 2. The van der Waals surface area contributed by atoms with E-state index in [2.05, 4.69) is 10.2 Å². The van der Waals surface area contributed by atoms with Crippen LogP contribution in [-0.4, -0.2) is 16.7 Å². The predicted molar refractivity (Wildman–Crippen MR) is 53.9 cm³/mol. The molecule has 0 unspecified atom stereocenters. The summed E-state index contributed by atoms with van der Waals surface area (Å²) in [6.45, 7) is 0.626. The first kappa shape index (κ1) is 8.53. The van der Waals surface area contributed by atoms with Crippen LogP contribution in [0.2, 0.25) is 5.15 Å². The van der Waals surface area contributed by atoms with Crippen LogP contribution in [0.5, 0.6) is 0 Å². The summed E-state index contributed by atoms with van der Waals surface area (Å²) in [4.78, 5) is 0. The first-order chi connectivity index (χ1) is 6.33. The smallest absolute Gasteiger partial charge is 0.132 e. The van der Waals surface area contributed by atoms with Crippen molar-refractivity contribution >= 4 is 22.5 Å². The minimum absolute atomic E-state index is 0.596. The maximum atomic E-state index is 5.95. The minimum atomic E-state index is 0.596. The fraction of sp³-hybridized carbons (Fsp3) is 0.222. The summed E-state index contributed by atoms with van der Waals surface area (Å²) in [6, 6.07) is 5.92. The van der Waals surface area contributed by atoms with Crippen molar-refractivity contribution in [3.05, 3.63) is 28.9 Å².